The van der Waals surface area contributed by atoms with Gasteiger partial charge in [0.2, 0.25) is 0 Å². The Bertz CT molecular complexity index is 599. The molecule has 6 heteroatoms. The first kappa shape index (κ1) is 16.9. The highest BCUT2D eigenvalue weighted by Gasteiger charge is 2.29. The molecule has 3 rings (SSSR count). The molecule has 2 N–H and O–H groups in total. The molecule has 0 radical (unpaired) electrons. The Morgan fingerprint density at radius 1 is 1.29 bits per heavy atom. The molecule has 2 aliphatic rings. The summed E-state index contributed by atoms with van der Waals surface area (Å²) in [5.41, 5.74) is 1.26. The van der Waals surface area contributed by atoms with Gasteiger partial charge in [0.15, 0.2) is 0 Å². The van der Waals surface area contributed by atoms with Crippen molar-refractivity contribution < 1.29 is 14.3 Å². The Hall–Kier alpha value is -1.92. The number of rotatable bonds is 5. The highest BCUT2D eigenvalue weighted by Crippen LogP contribution is 2.22. The Morgan fingerprint density at radius 3 is 2.92 bits per heavy atom. The zero-order valence-corrected chi connectivity index (χ0v) is 14.1. The van der Waals surface area contributed by atoms with Gasteiger partial charge in [0.25, 0.3) is 11.8 Å². The molecule has 0 saturated carbocycles. The zero-order valence-electron chi connectivity index (χ0n) is 14.1. The zero-order chi connectivity index (χ0) is 16.9. The maximum Gasteiger partial charge on any atom is 0.254 e. The predicted molar refractivity (Wildman–Crippen MR) is 92.0 cm³/mol. The van der Waals surface area contributed by atoms with Gasteiger partial charge in [0.1, 0.15) is 6.10 Å². The van der Waals surface area contributed by atoms with E-state index in [1.54, 1.807) is 18.2 Å². The number of amides is 2. The van der Waals surface area contributed by atoms with Gasteiger partial charge in [-0.2, -0.15) is 0 Å². The van der Waals surface area contributed by atoms with Gasteiger partial charge in [-0.25, -0.2) is 0 Å². The van der Waals surface area contributed by atoms with Gasteiger partial charge >= 0.3 is 0 Å². The number of nitrogens with one attached hydrogen (secondary N) is 2. The van der Waals surface area contributed by atoms with Crippen molar-refractivity contribution in [1.82, 2.24) is 10.2 Å². The van der Waals surface area contributed by atoms with E-state index in [9.17, 15) is 9.59 Å². The minimum Gasteiger partial charge on any atom is -0.368 e. The number of likely N-dealkylation sites (tertiary alicyclic amines) is 1. The van der Waals surface area contributed by atoms with Crippen molar-refractivity contribution >= 4 is 17.5 Å². The third-order valence-corrected chi connectivity index (χ3v) is 4.68. The molecule has 2 unspecified atom stereocenters. The summed E-state index contributed by atoms with van der Waals surface area (Å²) < 4.78 is 5.39. The smallest absolute Gasteiger partial charge is 0.254 e. The van der Waals surface area contributed by atoms with E-state index in [2.05, 4.69) is 10.6 Å². The van der Waals surface area contributed by atoms with E-state index in [-0.39, 0.29) is 24.0 Å². The highest BCUT2D eigenvalue weighted by molar-refractivity contribution is 5.98. The minimum atomic E-state index is -0.372. The summed E-state index contributed by atoms with van der Waals surface area (Å²) in [6, 6.07) is 7.41. The largest absolute Gasteiger partial charge is 0.368 e. The van der Waals surface area contributed by atoms with Crippen molar-refractivity contribution in [3.05, 3.63) is 29.8 Å². The van der Waals surface area contributed by atoms with E-state index in [1.165, 1.54) is 0 Å². The van der Waals surface area contributed by atoms with Gasteiger partial charge < -0.3 is 20.3 Å². The first-order valence-electron chi connectivity index (χ1n) is 8.67. The van der Waals surface area contributed by atoms with Gasteiger partial charge in [-0.1, -0.05) is 6.07 Å². The van der Waals surface area contributed by atoms with Crippen LogP contribution in [0, 0.1) is 0 Å². The number of hydrogen-bond donors (Lipinski definition) is 2. The molecule has 130 valence electrons. The van der Waals surface area contributed by atoms with E-state index in [0.717, 1.165) is 38.8 Å². The number of nitrogens with zero attached hydrogens (tertiary/aromatic N) is 1. The van der Waals surface area contributed by atoms with Crippen molar-refractivity contribution in [1.29, 1.82) is 0 Å². The second-order valence-electron chi connectivity index (χ2n) is 6.42. The van der Waals surface area contributed by atoms with Crippen LogP contribution in [-0.2, 0) is 9.53 Å². The van der Waals surface area contributed by atoms with Crippen molar-refractivity contribution in [2.24, 2.45) is 0 Å². The average Bonchev–Trinajstić information content (AvgIpc) is 3.26. The second kappa shape index (κ2) is 7.77. The Morgan fingerprint density at radius 2 is 2.17 bits per heavy atom. The van der Waals surface area contributed by atoms with Crippen LogP contribution in [0.15, 0.2) is 24.3 Å². The number of carbonyl (C=O) groups excluding carboxylic acids is 2. The molecule has 2 atom stereocenters. The van der Waals surface area contributed by atoms with Gasteiger partial charge in [-0.15, -0.1) is 0 Å². The lowest BCUT2D eigenvalue weighted by molar-refractivity contribution is -0.124. The molecule has 0 aliphatic carbocycles. The topological polar surface area (TPSA) is 70.7 Å². The number of carbonyl (C=O) groups is 2. The number of likely N-dealkylation sites (N-methyl/N-ethyl adjacent to an activating group) is 1. The number of benzene rings is 1. The molecule has 2 saturated heterocycles. The van der Waals surface area contributed by atoms with E-state index >= 15 is 0 Å². The normalized spacial score (nSPS) is 23.5. The van der Waals surface area contributed by atoms with Crippen LogP contribution >= 0.6 is 0 Å². The van der Waals surface area contributed by atoms with Crippen molar-refractivity contribution in [3.8, 4) is 0 Å². The summed E-state index contributed by atoms with van der Waals surface area (Å²) in [6.45, 7) is 2.23. The summed E-state index contributed by atoms with van der Waals surface area (Å²) in [6.07, 6.45) is 3.36. The van der Waals surface area contributed by atoms with Gasteiger partial charge in [0, 0.05) is 37.0 Å². The number of hydrogen-bond acceptors (Lipinski definition) is 4. The standard InChI is InChI=1S/C18H25N3O3/c1-19-12-15-7-3-9-21(15)18(23)13-5-2-6-14(11-13)20-17(22)16-8-4-10-24-16/h2,5-6,11,15-16,19H,3-4,7-10,12H2,1H3,(H,20,22). The molecular formula is C18H25N3O3. The lowest BCUT2D eigenvalue weighted by Crippen LogP contribution is -2.40. The lowest BCUT2D eigenvalue weighted by Gasteiger charge is -2.24. The summed E-state index contributed by atoms with van der Waals surface area (Å²) in [5, 5.41) is 6.01. The summed E-state index contributed by atoms with van der Waals surface area (Å²) in [4.78, 5) is 26.9. The first-order chi connectivity index (χ1) is 11.7. The second-order valence-corrected chi connectivity index (χ2v) is 6.42. The van der Waals surface area contributed by atoms with E-state index in [0.29, 0.717) is 17.9 Å². The molecule has 1 aromatic rings. The third kappa shape index (κ3) is 3.76. The molecule has 6 nitrogen and oxygen atoms in total. The Balaban J connectivity index is 1.68. The fourth-order valence-corrected chi connectivity index (χ4v) is 3.45. The maximum absolute atomic E-state index is 12.8. The molecule has 1 aromatic carbocycles. The van der Waals surface area contributed by atoms with Crippen LogP contribution in [0.3, 0.4) is 0 Å². The highest BCUT2D eigenvalue weighted by atomic mass is 16.5. The predicted octanol–water partition coefficient (Wildman–Crippen LogP) is 1.63. The SMILES string of the molecule is CNCC1CCCN1C(=O)c1cccc(NC(=O)C2CCCO2)c1. The Labute approximate surface area is 142 Å². The summed E-state index contributed by atoms with van der Waals surface area (Å²) in [5.74, 6) is -0.104. The summed E-state index contributed by atoms with van der Waals surface area (Å²) in [7, 11) is 1.90. The summed E-state index contributed by atoms with van der Waals surface area (Å²) >= 11 is 0. The van der Waals surface area contributed by atoms with Gasteiger partial charge in [0.05, 0.1) is 0 Å². The molecule has 0 bridgehead atoms. The molecule has 0 spiro atoms. The van der Waals surface area contributed by atoms with Crippen LogP contribution < -0.4 is 10.6 Å². The van der Waals surface area contributed by atoms with Crippen molar-refractivity contribution in [2.45, 2.75) is 37.8 Å². The Kier molecular flexibility index (Phi) is 5.48. The van der Waals surface area contributed by atoms with E-state index in [4.69, 9.17) is 4.74 Å². The van der Waals surface area contributed by atoms with Crippen LogP contribution in [0.25, 0.3) is 0 Å². The quantitative estimate of drug-likeness (QED) is 0.860. The van der Waals surface area contributed by atoms with Gasteiger partial charge in [-0.05, 0) is 50.9 Å². The van der Waals surface area contributed by atoms with Crippen LogP contribution in [-0.4, -0.2) is 55.6 Å². The van der Waals surface area contributed by atoms with Crippen molar-refractivity contribution in [3.63, 3.8) is 0 Å². The minimum absolute atomic E-state index is 0.0287. The van der Waals surface area contributed by atoms with Crippen LogP contribution in [0.2, 0.25) is 0 Å². The fourth-order valence-electron chi connectivity index (χ4n) is 3.45. The van der Waals surface area contributed by atoms with E-state index < -0.39 is 0 Å². The lowest BCUT2D eigenvalue weighted by atomic mass is 10.1. The molecule has 2 amide bonds. The van der Waals surface area contributed by atoms with Crippen LogP contribution in [0.1, 0.15) is 36.0 Å². The third-order valence-electron chi connectivity index (χ3n) is 4.68. The molecule has 24 heavy (non-hydrogen) atoms. The maximum atomic E-state index is 12.8. The molecular weight excluding hydrogens is 306 g/mol. The monoisotopic (exact) mass is 331 g/mol. The van der Waals surface area contributed by atoms with Crippen LogP contribution in [0.5, 0.6) is 0 Å². The first-order valence-corrected chi connectivity index (χ1v) is 8.67. The molecule has 0 aromatic heterocycles. The molecule has 2 heterocycles. The molecule has 2 fully saturated rings. The van der Waals surface area contributed by atoms with Crippen LogP contribution in [0.4, 0.5) is 5.69 Å². The number of ether oxygens (including phenoxy) is 1. The van der Waals surface area contributed by atoms with Gasteiger partial charge in [-0.3, -0.25) is 9.59 Å². The number of anilines is 1. The molecule has 2 aliphatic heterocycles. The van der Waals surface area contributed by atoms with E-state index in [1.807, 2.05) is 18.0 Å². The fraction of sp³-hybridized carbons (Fsp3) is 0.556. The average molecular weight is 331 g/mol. The van der Waals surface area contributed by atoms with Crippen molar-refractivity contribution in [2.75, 3.05) is 32.1 Å².